The van der Waals surface area contributed by atoms with Crippen molar-refractivity contribution in [3.63, 3.8) is 0 Å². The topological polar surface area (TPSA) is 49.4 Å². The smallest absolute Gasteiger partial charge is 0.233 e. The summed E-state index contributed by atoms with van der Waals surface area (Å²) in [6, 6.07) is 15.3. The van der Waals surface area contributed by atoms with Crippen molar-refractivity contribution in [1.29, 1.82) is 0 Å². The van der Waals surface area contributed by atoms with E-state index in [-0.39, 0.29) is 18.2 Å². The second kappa shape index (κ2) is 7.92. The monoisotopic (exact) mass is 374 g/mol. The van der Waals surface area contributed by atoms with Gasteiger partial charge in [0.2, 0.25) is 11.8 Å². The zero-order valence-electron chi connectivity index (χ0n) is 13.2. The van der Waals surface area contributed by atoms with Crippen LogP contribution in [-0.4, -0.2) is 23.8 Å². The van der Waals surface area contributed by atoms with E-state index in [0.29, 0.717) is 6.54 Å². The standard InChI is InChI=1S/C18H19BrN2O2/c1-13-10-15(19)8-9-16(13)20-17(22)11-18(23)21(2)12-14-6-4-3-5-7-14/h3-10H,11-12H2,1-2H3,(H,20,22). The molecule has 0 saturated carbocycles. The second-order valence-corrected chi connectivity index (χ2v) is 6.34. The fraction of sp³-hybridized carbons (Fsp3) is 0.222. The number of benzene rings is 2. The maximum Gasteiger partial charge on any atom is 0.233 e. The number of rotatable bonds is 5. The summed E-state index contributed by atoms with van der Waals surface area (Å²) in [6.45, 7) is 2.40. The lowest BCUT2D eigenvalue weighted by molar-refractivity contribution is -0.134. The predicted octanol–water partition coefficient (Wildman–Crippen LogP) is 3.74. The first kappa shape index (κ1) is 17.2. The Morgan fingerprint density at radius 3 is 2.48 bits per heavy atom. The average Bonchev–Trinajstić information content (AvgIpc) is 2.51. The molecule has 0 saturated heterocycles. The van der Waals surface area contributed by atoms with E-state index < -0.39 is 0 Å². The molecule has 5 heteroatoms. The number of hydrogen-bond acceptors (Lipinski definition) is 2. The fourth-order valence-corrected chi connectivity index (χ4v) is 2.66. The number of carbonyl (C=O) groups is 2. The molecule has 0 heterocycles. The first-order valence-electron chi connectivity index (χ1n) is 7.29. The summed E-state index contributed by atoms with van der Waals surface area (Å²) in [5, 5.41) is 2.78. The largest absolute Gasteiger partial charge is 0.341 e. The first-order valence-corrected chi connectivity index (χ1v) is 8.09. The van der Waals surface area contributed by atoms with Crippen molar-refractivity contribution < 1.29 is 9.59 Å². The number of amides is 2. The molecule has 0 bridgehead atoms. The molecule has 2 rings (SSSR count). The predicted molar refractivity (Wildman–Crippen MR) is 95.0 cm³/mol. The van der Waals surface area contributed by atoms with Gasteiger partial charge in [0, 0.05) is 23.8 Å². The average molecular weight is 375 g/mol. The summed E-state index contributed by atoms with van der Waals surface area (Å²) in [6.07, 6.45) is -0.168. The van der Waals surface area contributed by atoms with Crippen LogP contribution in [-0.2, 0) is 16.1 Å². The van der Waals surface area contributed by atoms with E-state index >= 15 is 0 Å². The van der Waals surface area contributed by atoms with Gasteiger partial charge in [-0.1, -0.05) is 46.3 Å². The lowest BCUT2D eigenvalue weighted by Gasteiger charge is -2.17. The highest BCUT2D eigenvalue weighted by Gasteiger charge is 2.15. The minimum absolute atomic E-state index is 0.168. The van der Waals surface area contributed by atoms with Gasteiger partial charge in [0.25, 0.3) is 0 Å². The lowest BCUT2D eigenvalue weighted by Crippen LogP contribution is -2.30. The second-order valence-electron chi connectivity index (χ2n) is 5.42. The van der Waals surface area contributed by atoms with E-state index in [4.69, 9.17) is 0 Å². The van der Waals surface area contributed by atoms with Crippen LogP contribution in [0.25, 0.3) is 0 Å². The number of halogens is 1. The van der Waals surface area contributed by atoms with Gasteiger partial charge >= 0.3 is 0 Å². The lowest BCUT2D eigenvalue weighted by atomic mass is 10.2. The summed E-state index contributed by atoms with van der Waals surface area (Å²) >= 11 is 3.38. The van der Waals surface area contributed by atoms with Crippen molar-refractivity contribution in [3.05, 3.63) is 64.1 Å². The van der Waals surface area contributed by atoms with Crippen LogP contribution in [0.2, 0.25) is 0 Å². The molecular weight excluding hydrogens is 356 g/mol. The molecule has 23 heavy (non-hydrogen) atoms. The molecule has 0 aliphatic heterocycles. The van der Waals surface area contributed by atoms with Crippen LogP contribution < -0.4 is 5.32 Å². The Labute approximate surface area is 144 Å². The Hall–Kier alpha value is -2.14. The molecule has 0 aliphatic rings. The normalized spacial score (nSPS) is 10.2. The zero-order chi connectivity index (χ0) is 16.8. The van der Waals surface area contributed by atoms with E-state index in [1.807, 2.05) is 55.5 Å². The quantitative estimate of drug-likeness (QED) is 0.810. The molecule has 0 spiro atoms. The van der Waals surface area contributed by atoms with E-state index in [1.54, 1.807) is 11.9 Å². The molecule has 0 atom stereocenters. The molecule has 1 N–H and O–H groups in total. The number of carbonyl (C=O) groups excluding carboxylic acids is 2. The highest BCUT2D eigenvalue weighted by Crippen LogP contribution is 2.20. The van der Waals surface area contributed by atoms with E-state index in [9.17, 15) is 9.59 Å². The highest BCUT2D eigenvalue weighted by atomic mass is 79.9. The van der Waals surface area contributed by atoms with Crippen molar-refractivity contribution in [2.45, 2.75) is 19.9 Å². The summed E-state index contributed by atoms with van der Waals surface area (Å²) in [4.78, 5) is 25.8. The van der Waals surface area contributed by atoms with Gasteiger partial charge in [0.1, 0.15) is 6.42 Å². The van der Waals surface area contributed by atoms with E-state index in [1.165, 1.54) is 0 Å². The number of nitrogens with one attached hydrogen (secondary N) is 1. The fourth-order valence-electron chi connectivity index (χ4n) is 2.18. The Morgan fingerprint density at radius 1 is 1.13 bits per heavy atom. The van der Waals surface area contributed by atoms with Gasteiger partial charge < -0.3 is 10.2 Å². The summed E-state index contributed by atoms with van der Waals surface area (Å²) in [5.41, 5.74) is 2.70. The molecule has 0 radical (unpaired) electrons. The maximum atomic E-state index is 12.1. The van der Waals surface area contributed by atoms with E-state index in [0.717, 1.165) is 21.3 Å². The SMILES string of the molecule is Cc1cc(Br)ccc1NC(=O)CC(=O)N(C)Cc1ccccc1. The summed E-state index contributed by atoms with van der Waals surface area (Å²) < 4.78 is 0.951. The molecule has 0 aromatic heterocycles. The van der Waals surface area contributed by atoms with Crippen LogP contribution in [0.4, 0.5) is 5.69 Å². The summed E-state index contributed by atoms with van der Waals surface area (Å²) in [5.74, 6) is -0.513. The first-order chi connectivity index (χ1) is 11.0. The molecule has 2 amide bonds. The number of nitrogens with zero attached hydrogens (tertiary/aromatic N) is 1. The van der Waals surface area contributed by atoms with Crippen LogP contribution in [0.1, 0.15) is 17.5 Å². The molecule has 2 aromatic carbocycles. The minimum Gasteiger partial charge on any atom is -0.341 e. The van der Waals surface area contributed by atoms with Crippen LogP contribution in [0.3, 0.4) is 0 Å². The molecule has 0 aliphatic carbocycles. The molecule has 120 valence electrons. The van der Waals surface area contributed by atoms with Crippen molar-refractivity contribution in [3.8, 4) is 0 Å². The highest BCUT2D eigenvalue weighted by molar-refractivity contribution is 9.10. The zero-order valence-corrected chi connectivity index (χ0v) is 14.8. The minimum atomic E-state index is -0.305. The van der Waals surface area contributed by atoms with E-state index in [2.05, 4.69) is 21.2 Å². The van der Waals surface area contributed by atoms with Gasteiger partial charge in [-0.2, -0.15) is 0 Å². The van der Waals surface area contributed by atoms with Crippen molar-refractivity contribution in [2.75, 3.05) is 12.4 Å². The van der Waals surface area contributed by atoms with Crippen LogP contribution in [0.5, 0.6) is 0 Å². The Morgan fingerprint density at radius 2 is 1.83 bits per heavy atom. The number of anilines is 1. The Balaban J connectivity index is 1.90. The van der Waals surface area contributed by atoms with Crippen molar-refractivity contribution in [2.24, 2.45) is 0 Å². The van der Waals surface area contributed by atoms with Gasteiger partial charge in [0.15, 0.2) is 0 Å². The number of aryl methyl sites for hydroxylation is 1. The van der Waals surface area contributed by atoms with Crippen LogP contribution >= 0.6 is 15.9 Å². The molecule has 2 aromatic rings. The third-order valence-electron chi connectivity index (χ3n) is 3.46. The van der Waals surface area contributed by atoms with Gasteiger partial charge in [-0.3, -0.25) is 9.59 Å². The molecular formula is C18H19BrN2O2. The third-order valence-corrected chi connectivity index (χ3v) is 3.96. The maximum absolute atomic E-state index is 12.1. The van der Waals surface area contributed by atoms with Gasteiger partial charge in [0.05, 0.1) is 0 Å². The molecule has 0 unspecified atom stereocenters. The number of hydrogen-bond donors (Lipinski definition) is 1. The van der Waals surface area contributed by atoms with Gasteiger partial charge in [-0.05, 0) is 36.2 Å². The van der Waals surface area contributed by atoms with Gasteiger partial charge in [-0.15, -0.1) is 0 Å². The van der Waals surface area contributed by atoms with Crippen molar-refractivity contribution >= 4 is 33.4 Å². The third kappa shape index (κ3) is 5.21. The van der Waals surface area contributed by atoms with Crippen LogP contribution in [0.15, 0.2) is 53.0 Å². The van der Waals surface area contributed by atoms with Crippen LogP contribution in [0, 0.1) is 6.92 Å². The van der Waals surface area contributed by atoms with Gasteiger partial charge in [-0.25, -0.2) is 0 Å². The molecule has 0 fully saturated rings. The van der Waals surface area contributed by atoms with Crippen molar-refractivity contribution in [1.82, 2.24) is 4.90 Å². The Bertz CT molecular complexity index is 701. The molecule has 4 nitrogen and oxygen atoms in total. The Kier molecular flexibility index (Phi) is 5.93. The summed E-state index contributed by atoms with van der Waals surface area (Å²) in [7, 11) is 1.70.